The minimum Gasteiger partial charge on any atom is -0.492 e. The average Bonchev–Trinajstić information content (AvgIpc) is 3.10. The van der Waals surface area contributed by atoms with Crippen molar-refractivity contribution in [1.29, 1.82) is 0 Å². The van der Waals surface area contributed by atoms with Gasteiger partial charge in [0.05, 0.1) is 18.2 Å². The van der Waals surface area contributed by atoms with Crippen LogP contribution in [-0.2, 0) is 6.54 Å². The Labute approximate surface area is 150 Å². The van der Waals surface area contributed by atoms with Crippen molar-refractivity contribution in [2.75, 3.05) is 6.61 Å². The van der Waals surface area contributed by atoms with Gasteiger partial charge in [-0.05, 0) is 42.5 Å². The first-order valence-electron chi connectivity index (χ1n) is 8.20. The van der Waals surface area contributed by atoms with Crippen LogP contribution in [0.3, 0.4) is 0 Å². The summed E-state index contributed by atoms with van der Waals surface area (Å²) < 4.78 is 24.6. The first kappa shape index (κ1) is 16.2. The van der Waals surface area contributed by atoms with E-state index < -0.39 is 0 Å². The van der Waals surface area contributed by atoms with E-state index >= 15 is 0 Å². The van der Waals surface area contributed by atoms with Gasteiger partial charge in [0.15, 0.2) is 0 Å². The normalized spacial score (nSPS) is 16.3. The molecule has 0 aliphatic carbocycles. The number of hydrogen-bond acceptors (Lipinski definition) is 3. The number of rotatable bonds is 4. The third-order valence-corrected chi connectivity index (χ3v) is 4.64. The number of ether oxygens (including phenoxy) is 1. The van der Waals surface area contributed by atoms with Gasteiger partial charge < -0.3 is 14.5 Å². The summed E-state index contributed by atoms with van der Waals surface area (Å²) in [4.78, 5) is 0. The Morgan fingerprint density at radius 1 is 1.08 bits per heavy atom. The van der Waals surface area contributed by atoms with Crippen molar-refractivity contribution in [3.05, 3.63) is 76.8 Å². The Kier molecular flexibility index (Phi) is 4.47. The number of fused-ring (bicyclic) bond motifs is 1. The number of nitrogens with one attached hydrogen (secondary N) is 1. The average molecular weight is 358 g/mol. The molecule has 3 nitrogen and oxygen atoms in total. The molecule has 0 saturated carbocycles. The van der Waals surface area contributed by atoms with Gasteiger partial charge in [-0.25, -0.2) is 4.39 Å². The monoisotopic (exact) mass is 357 g/mol. The van der Waals surface area contributed by atoms with Crippen molar-refractivity contribution in [1.82, 2.24) is 5.32 Å². The topological polar surface area (TPSA) is 34.4 Å². The maximum atomic E-state index is 13.0. The lowest BCUT2D eigenvalue weighted by atomic mass is 10.0. The first-order valence-corrected chi connectivity index (χ1v) is 8.58. The second-order valence-electron chi connectivity index (χ2n) is 6.00. The molecule has 3 aromatic rings. The highest BCUT2D eigenvalue weighted by Crippen LogP contribution is 2.37. The van der Waals surface area contributed by atoms with Gasteiger partial charge in [0.25, 0.3) is 0 Å². The molecule has 5 heteroatoms. The summed E-state index contributed by atoms with van der Waals surface area (Å²) in [5.74, 6) is 2.06. The number of para-hydroxylation sites is 1. The van der Waals surface area contributed by atoms with Crippen LogP contribution in [-0.4, -0.2) is 6.61 Å². The highest BCUT2D eigenvalue weighted by molar-refractivity contribution is 6.32. The fourth-order valence-corrected chi connectivity index (χ4v) is 3.30. The molecule has 0 radical (unpaired) electrons. The Morgan fingerprint density at radius 3 is 2.76 bits per heavy atom. The summed E-state index contributed by atoms with van der Waals surface area (Å²) in [5, 5.41) is 4.14. The predicted molar refractivity (Wildman–Crippen MR) is 95.2 cm³/mol. The molecule has 1 atom stereocenters. The van der Waals surface area contributed by atoms with Crippen LogP contribution < -0.4 is 10.1 Å². The van der Waals surface area contributed by atoms with Gasteiger partial charge in [0.2, 0.25) is 0 Å². The third kappa shape index (κ3) is 3.41. The summed E-state index contributed by atoms with van der Waals surface area (Å²) in [6, 6.07) is 16.1. The summed E-state index contributed by atoms with van der Waals surface area (Å²) in [6.07, 6.45) is 0.874. The number of hydrogen-bond donors (Lipinski definition) is 1. The van der Waals surface area contributed by atoms with Crippen molar-refractivity contribution in [2.24, 2.45) is 0 Å². The zero-order valence-corrected chi connectivity index (χ0v) is 14.2. The molecule has 4 rings (SSSR count). The summed E-state index contributed by atoms with van der Waals surface area (Å²) >= 11 is 6.21. The number of halogens is 2. The van der Waals surface area contributed by atoms with E-state index in [1.54, 1.807) is 12.1 Å². The zero-order chi connectivity index (χ0) is 17.2. The van der Waals surface area contributed by atoms with Crippen molar-refractivity contribution in [3.8, 4) is 17.1 Å². The zero-order valence-electron chi connectivity index (χ0n) is 13.5. The van der Waals surface area contributed by atoms with Gasteiger partial charge in [0, 0.05) is 23.6 Å². The summed E-state index contributed by atoms with van der Waals surface area (Å²) in [6.45, 7) is 1.23. The minimum absolute atomic E-state index is 0.168. The van der Waals surface area contributed by atoms with E-state index in [0.717, 1.165) is 34.8 Å². The molecule has 1 unspecified atom stereocenters. The van der Waals surface area contributed by atoms with Crippen LogP contribution in [0.25, 0.3) is 11.3 Å². The van der Waals surface area contributed by atoms with E-state index in [-0.39, 0.29) is 11.9 Å². The van der Waals surface area contributed by atoms with E-state index in [1.165, 1.54) is 12.1 Å². The Balaban J connectivity index is 1.46. The van der Waals surface area contributed by atoms with Crippen LogP contribution in [0.4, 0.5) is 4.39 Å². The summed E-state index contributed by atoms with van der Waals surface area (Å²) in [5.41, 5.74) is 1.93. The van der Waals surface area contributed by atoms with Crippen LogP contribution in [0.1, 0.15) is 23.8 Å². The molecule has 0 saturated heterocycles. The van der Waals surface area contributed by atoms with Gasteiger partial charge in [-0.2, -0.15) is 0 Å². The van der Waals surface area contributed by atoms with E-state index in [0.29, 0.717) is 18.2 Å². The van der Waals surface area contributed by atoms with Crippen LogP contribution in [0, 0.1) is 5.82 Å². The third-order valence-electron chi connectivity index (χ3n) is 4.34. The van der Waals surface area contributed by atoms with Crippen LogP contribution in [0.15, 0.2) is 59.0 Å². The minimum atomic E-state index is -0.256. The smallest absolute Gasteiger partial charge is 0.142 e. The molecule has 1 aliphatic rings. The standard InChI is InChI=1S/C20H17ClFNO2/c21-17-3-1-2-16-18(10-11-24-20(16)17)23-12-15-8-9-19(25-15)13-4-6-14(22)7-5-13/h1-9,18,23H,10-12H2. The second-order valence-corrected chi connectivity index (χ2v) is 6.41. The predicted octanol–water partition coefficient (Wildman–Crippen LogP) is 5.35. The molecule has 0 bridgehead atoms. The van der Waals surface area contributed by atoms with Gasteiger partial charge in [-0.15, -0.1) is 0 Å². The second kappa shape index (κ2) is 6.90. The van der Waals surface area contributed by atoms with Gasteiger partial charge in [-0.3, -0.25) is 0 Å². The first-order chi connectivity index (χ1) is 12.2. The molecule has 0 spiro atoms. The van der Waals surface area contributed by atoms with Crippen LogP contribution in [0.5, 0.6) is 5.75 Å². The van der Waals surface area contributed by atoms with E-state index in [1.807, 2.05) is 30.3 Å². The highest BCUT2D eigenvalue weighted by atomic mass is 35.5. The lowest BCUT2D eigenvalue weighted by molar-refractivity contribution is 0.250. The van der Waals surface area contributed by atoms with E-state index in [4.69, 9.17) is 20.8 Å². The SMILES string of the molecule is Fc1ccc(-c2ccc(CNC3CCOc4c(Cl)cccc43)o2)cc1. The molecule has 2 aromatic carbocycles. The number of benzene rings is 2. The molecule has 2 heterocycles. The van der Waals surface area contributed by atoms with Crippen molar-refractivity contribution in [3.63, 3.8) is 0 Å². The fraction of sp³-hybridized carbons (Fsp3) is 0.200. The summed E-state index contributed by atoms with van der Waals surface area (Å²) in [7, 11) is 0. The van der Waals surface area contributed by atoms with Crippen molar-refractivity contribution >= 4 is 11.6 Å². The van der Waals surface area contributed by atoms with Crippen molar-refractivity contribution in [2.45, 2.75) is 19.0 Å². The molecule has 128 valence electrons. The Bertz CT molecular complexity index is 876. The van der Waals surface area contributed by atoms with Gasteiger partial charge in [-0.1, -0.05) is 23.7 Å². The molecular formula is C20H17ClFNO2. The largest absolute Gasteiger partial charge is 0.492 e. The van der Waals surface area contributed by atoms with E-state index in [2.05, 4.69) is 5.32 Å². The number of furan rings is 1. The molecule has 0 fully saturated rings. The molecule has 1 aliphatic heterocycles. The van der Waals surface area contributed by atoms with E-state index in [9.17, 15) is 4.39 Å². The van der Waals surface area contributed by atoms with Crippen LogP contribution >= 0.6 is 11.6 Å². The van der Waals surface area contributed by atoms with Gasteiger partial charge >= 0.3 is 0 Å². The lowest BCUT2D eigenvalue weighted by Crippen LogP contribution is -2.26. The highest BCUT2D eigenvalue weighted by Gasteiger charge is 2.23. The maximum Gasteiger partial charge on any atom is 0.142 e. The quantitative estimate of drug-likeness (QED) is 0.683. The maximum absolute atomic E-state index is 13.0. The molecule has 0 amide bonds. The van der Waals surface area contributed by atoms with Gasteiger partial charge in [0.1, 0.15) is 23.1 Å². The van der Waals surface area contributed by atoms with Crippen LogP contribution in [0.2, 0.25) is 5.02 Å². The molecule has 1 N–H and O–H groups in total. The fourth-order valence-electron chi connectivity index (χ4n) is 3.06. The molecule has 1 aromatic heterocycles. The van der Waals surface area contributed by atoms with Crippen molar-refractivity contribution < 1.29 is 13.5 Å². The molecule has 25 heavy (non-hydrogen) atoms. The Morgan fingerprint density at radius 2 is 1.92 bits per heavy atom. The molecular weight excluding hydrogens is 341 g/mol. The lowest BCUT2D eigenvalue weighted by Gasteiger charge is -2.27. The Hall–Kier alpha value is -2.30.